The number of carbonyl (C=O) groups excluding carboxylic acids is 1. The van der Waals surface area contributed by atoms with Gasteiger partial charge in [0.05, 0.1) is 0 Å². The Hall–Kier alpha value is -1.55. The number of para-hydroxylation sites is 1. The summed E-state index contributed by atoms with van der Waals surface area (Å²) < 4.78 is 0. The highest BCUT2D eigenvalue weighted by Gasteiger charge is 2.18. The first-order valence-electron chi connectivity index (χ1n) is 10.0. The molecule has 0 spiro atoms. The van der Waals surface area contributed by atoms with Crippen LogP contribution in [0.15, 0.2) is 30.3 Å². The third kappa shape index (κ3) is 6.69. The number of carbonyl (C=O) groups is 1. The molecule has 1 aliphatic rings. The maximum atomic E-state index is 12.2. The largest absolute Gasteiger partial charge is 0.369 e. The normalized spacial score (nSPS) is 15.6. The van der Waals surface area contributed by atoms with Crippen molar-refractivity contribution >= 4 is 11.6 Å². The number of hydrogen-bond acceptors (Lipinski definition) is 3. The fourth-order valence-corrected chi connectivity index (χ4v) is 3.63. The summed E-state index contributed by atoms with van der Waals surface area (Å²) in [5.41, 5.74) is 1.33. The van der Waals surface area contributed by atoms with E-state index in [1.54, 1.807) is 0 Å². The predicted octanol–water partition coefficient (Wildman–Crippen LogP) is 3.53. The summed E-state index contributed by atoms with van der Waals surface area (Å²) in [6.07, 6.45) is 5.25. The highest BCUT2D eigenvalue weighted by molar-refractivity contribution is 5.78. The zero-order valence-electron chi connectivity index (χ0n) is 16.0. The fourth-order valence-electron chi connectivity index (χ4n) is 3.63. The lowest BCUT2D eigenvalue weighted by Gasteiger charge is -2.36. The quantitative estimate of drug-likeness (QED) is 0.659. The minimum atomic E-state index is 0.212. The molecule has 4 nitrogen and oxygen atoms in total. The van der Waals surface area contributed by atoms with Gasteiger partial charge in [0.25, 0.3) is 0 Å². The van der Waals surface area contributed by atoms with E-state index in [4.69, 9.17) is 0 Å². The maximum Gasteiger partial charge on any atom is 0.223 e. The van der Waals surface area contributed by atoms with Gasteiger partial charge in [-0.15, -0.1) is 0 Å². The summed E-state index contributed by atoms with van der Waals surface area (Å²) in [7, 11) is 0. The van der Waals surface area contributed by atoms with Crippen LogP contribution >= 0.6 is 0 Å². The smallest absolute Gasteiger partial charge is 0.223 e. The van der Waals surface area contributed by atoms with Crippen molar-refractivity contribution in [2.45, 2.75) is 46.0 Å². The molecule has 25 heavy (non-hydrogen) atoms. The first-order chi connectivity index (χ1) is 12.2. The summed E-state index contributed by atoms with van der Waals surface area (Å²) in [5, 5.41) is 3.15. The lowest BCUT2D eigenvalue weighted by Crippen LogP contribution is -2.47. The molecular formula is C21H35N3O. The van der Waals surface area contributed by atoms with Crippen LogP contribution in [0.4, 0.5) is 5.69 Å². The molecule has 2 rings (SSSR count). The average Bonchev–Trinajstić information content (AvgIpc) is 2.66. The Balaban J connectivity index is 1.61. The third-order valence-corrected chi connectivity index (χ3v) is 5.09. The SMILES string of the molecule is CCCC(CCC)C(=O)NCCCN1CCN(c2ccccc2)CC1. The third-order valence-electron chi connectivity index (χ3n) is 5.09. The standard InChI is InChI=1S/C21H35N3O/c1-3-9-19(10-4-2)21(25)22-13-8-14-23-15-17-24(18-16-23)20-11-6-5-7-12-20/h5-7,11-12,19H,3-4,8-10,13-18H2,1-2H3,(H,22,25). The van der Waals surface area contributed by atoms with Crippen LogP contribution in [0.5, 0.6) is 0 Å². The van der Waals surface area contributed by atoms with Gasteiger partial charge in [0.1, 0.15) is 0 Å². The Labute approximate surface area is 153 Å². The van der Waals surface area contributed by atoms with Crippen LogP contribution in [-0.2, 0) is 4.79 Å². The van der Waals surface area contributed by atoms with Gasteiger partial charge < -0.3 is 10.2 Å². The molecule has 1 fully saturated rings. The van der Waals surface area contributed by atoms with Crippen molar-refractivity contribution in [3.63, 3.8) is 0 Å². The van der Waals surface area contributed by atoms with Gasteiger partial charge in [-0.2, -0.15) is 0 Å². The highest BCUT2D eigenvalue weighted by atomic mass is 16.1. The van der Waals surface area contributed by atoms with Gasteiger partial charge in [-0.05, 0) is 37.9 Å². The minimum absolute atomic E-state index is 0.212. The number of hydrogen-bond donors (Lipinski definition) is 1. The second-order valence-electron chi connectivity index (χ2n) is 7.08. The maximum absolute atomic E-state index is 12.2. The van der Waals surface area contributed by atoms with E-state index in [9.17, 15) is 4.79 Å². The van der Waals surface area contributed by atoms with Gasteiger partial charge in [0, 0.05) is 44.3 Å². The number of benzene rings is 1. The van der Waals surface area contributed by atoms with Crippen molar-refractivity contribution in [2.24, 2.45) is 5.92 Å². The van der Waals surface area contributed by atoms with E-state index in [0.717, 1.165) is 71.4 Å². The Morgan fingerprint density at radius 3 is 2.28 bits per heavy atom. The van der Waals surface area contributed by atoms with E-state index in [2.05, 4.69) is 59.3 Å². The Morgan fingerprint density at radius 2 is 1.68 bits per heavy atom. The molecule has 1 saturated heterocycles. The van der Waals surface area contributed by atoms with Gasteiger partial charge in [-0.1, -0.05) is 44.9 Å². The van der Waals surface area contributed by atoms with Gasteiger partial charge in [-0.3, -0.25) is 9.69 Å². The van der Waals surface area contributed by atoms with E-state index in [0.29, 0.717) is 0 Å². The zero-order valence-corrected chi connectivity index (χ0v) is 16.0. The van der Waals surface area contributed by atoms with Crippen LogP contribution in [0.1, 0.15) is 46.0 Å². The molecule has 4 heteroatoms. The van der Waals surface area contributed by atoms with E-state index < -0.39 is 0 Å². The minimum Gasteiger partial charge on any atom is -0.369 e. The van der Waals surface area contributed by atoms with Crippen molar-refractivity contribution < 1.29 is 4.79 Å². The molecule has 0 aromatic heterocycles. The zero-order chi connectivity index (χ0) is 17.9. The number of nitrogens with one attached hydrogen (secondary N) is 1. The molecule has 0 bridgehead atoms. The summed E-state index contributed by atoms with van der Waals surface area (Å²) in [4.78, 5) is 17.2. The summed E-state index contributed by atoms with van der Waals surface area (Å²) in [6, 6.07) is 10.7. The molecule has 1 heterocycles. The van der Waals surface area contributed by atoms with Crippen LogP contribution in [0.3, 0.4) is 0 Å². The van der Waals surface area contributed by atoms with Gasteiger partial charge >= 0.3 is 0 Å². The Kier molecular flexibility index (Phi) is 8.81. The van der Waals surface area contributed by atoms with Gasteiger partial charge in [0.2, 0.25) is 5.91 Å². The molecule has 0 saturated carbocycles. The van der Waals surface area contributed by atoms with Crippen molar-refractivity contribution in [2.75, 3.05) is 44.2 Å². The molecule has 0 unspecified atom stereocenters. The number of rotatable bonds is 10. The van der Waals surface area contributed by atoms with Crippen molar-refractivity contribution in [1.29, 1.82) is 0 Å². The number of piperazine rings is 1. The summed E-state index contributed by atoms with van der Waals surface area (Å²) in [5.74, 6) is 0.474. The molecule has 1 amide bonds. The van der Waals surface area contributed by atoms with Crippen LogP contribution in [0.2, 0.25) is 0 Å². The van der Waals surface area contributed by atoms with E-state index in [1.165, 1.54) is 5.69 Å². The number of amides is 1. The van der Waals surface area contributed by atoms with E-state index in [1.807, 2.05) is 0 Å². The molecule has 0 aliphatic carbocycles. The Bertz CT molecular complexity index is 477. The number of anilines is 1. The van der Waals surface area contributed by atoms with E-state index >= 15 is 0 Å². The van der Waals surface area contributed by atoms with Crippen LogP contribution in [-0.4, -0.2) is 50.1 Å². The Morgan fingerprint density at radius 1 is 1.04 bits per heavy atom. The highest BCUT2D eigenvalue weighted by Crippen LogP contribution is 2.16. The van der Waals surface area contributed by atoms with Crippen LogP contribution in [0, 0.1) is 5.92 Å². The van der Waals surface area contributed by atoms with Crippen molar-refractivity contribution in [1.82, 2.24) is 10.2 Å². The fraction of sp³-hybridized carbons (Fsp3) is 0.667. The molecule has 1 aromatic rings. The van der Waals surface area contributed by atoms with E-state index in [-0.39, 0.29) is 11.8 Å². The lowest BCUT2D eigenvalue weighted by molar-refractivity contribution is -0.125. The van der Waals surface area contributed by atoms with Crippen molar-refractivity contribution in [3.8, 4) is 0 Å². The van der Waals surface area contributed by atoms with Crippen LogP contribution in [0.25, 0.3) is 0 Å². The molecule has 1 N–H and O–H groups in total. The first kappa shape index (κ1) is 19.8. The molecular weight excluding hydrogens is 310 g/mol. The predicted molar refractivity (Wildman–Crippen MR) is 106 cm³/mol. The first-order valence-corrected chi connectivity index (χ1v) is 10.0. The second kappa shape index (κ2) is 11.1. The number of nitrogens with zero attached hydrogens (tertiary/aromatic N) is 2. The van der Waals surface area contributed by atoms with Gasteiger partial charge in [-0.25, -0.2) is 0 Å². The lowest BCUT2D eigenvalue weighted by atomic mass is 9.97. The van der Waals surface area contributed by atoms with Gasteiger partial charge in [0.15, 0.2) is 0 Å². The molecule has 1 aromatic carbocycles. The van der Waals surface area contributed by atoms with Crippen molar-refractivity contribution in [3.05, 3.63) is 30.3 Å². The second-order valence-corrected chi connectivity index (χ2v) is 7.08. The molecule has 0 atom stereocenters. The van der Waals surface area contributed by atoms with Crippen LogP contribution < -0.4 is 10.2 Å². The summed E-state index contributed by atoms with van der Waals surface area (Å²) >= 11 is 0. The molecule has 140 valence electrons. The monoisotopic (exact) mass is 345 g/mol. The topological polar surface area (TPSA) is 35.6 Å². The summed E-state index contributed by atoms with van der Waals surface area (Å²) in [6.45, 7) is 10.6. The average molecular weight is 346 g/mol. The molecule has 0 radical (unpaired) electrons. The molecule has 1 aliphatic heterocycles.